The van der Waals surface area contributed by atoms with Crippen molar-refractivity contribution in [2.45, 2.75) is 27.7 Å². The van der Waals surface area contributed by atoms with Crippen LogP contribution in [0.1, 0.15) is 27.7 Å². The molecule has 0 aromatic carbocycles. The first-order chi connectivity index (χ1) is 10.4. The van der Waals surface area contributed by atoms with Crippen LogP contribution in [0.2, 0.25) is 0 Å². The van der Waals surface area contributed by atoms with Crippen LogP contribution < -0.4 is 0 Å². The molecule has 2 aliphatic rings. The molecule has 2 aromatic heterocycles. The van der Waals surface area contributed by atoms with Gasteiger partial charge >= 0.3 is 16.5 Å². The van der Waals surface area contributed by atoms with E-state index >= 15 is 0 Å². The van der Waals surface area contributed by atoms with Crippen molar-refractivity contribution in [2.24, 2.45) is 22.7 Å². The molecule has 2 atom stereocenters. The van der Waals surface area contributed by atoms with Crippen molar-refractivity contribution in [3.8, 4) is 11.4 Å². The van der Waals surface area contributed by atoms with Crippen LogP contribution in [0.3, 0.4) is 0 Å². The molecule has 4 rings (SSSR count). The molecule has 3 heteroatoms. The van der Waals surface area contributed by atoms with Gasteiger partial charge in [0.1, 0.15) is 0 Å². The van der Waals surface area contributed by atoms with Crippen LogP contribution in [-0.4, -0.2) is 9.97 Å². The van der Waals surface area contributed by atoms with E-state index in [1.165, 1.54) is 0 Å². The number of rotatable bonds is 2. The van der Waals surface area contributed by atoms with Crippen molar-refractivity contribution in [2.75, 3.05) is 0 Å². The maximum Gasteiger partial charge on any atom is 2.00 e. The maximum atomic E-state index is 4.19. The quantitative estimate of drug-likeness (QED) is 0.571. The van der Waals surface area contributed by atoms with Gasteiger partial charge in [0, 0.05) is 12.4 Å². The van der Waals surface area contributed by atoms with Crippen LogP contribution in [0.5, 0.6) is 0 Å². The van der Waals surface area contributed by atoms with E-state index in [0.717, 1.165) is 23.2 Å². The van der Waals surface area contributed by atoms with E-state index in [0.29, 0.717) is 10.8 Å². The molecule has 0 aliphatic heterocycles. The van der Waals surface area contributed by atoms with E-state index in [1.54, 1.807) is 12.4 Å². The molecular formula is C20H24N2Ni. The second kappa shape index (κ2) is 6.73. The molecule has 0 bridgehead atoms. The van der Waals surface area contributed by atoms with Crippen molar-refractivity contribution in [1.82, 2.24) is 9.97 Å². The summed E-state index contributed by atoms with van der Waals surface area (Å²) >= 11 is 0. The zero-order valence-corrected chi connectivity index (χ0v) is 15.1. The number of aromatic nitrogens is 2. The van der Waals surface area contributed by atoms with E-state index in [1.807, 2.05) is 36.4 Å². The van der Waals surface area contributed by atoms with Crippen molar-refractivity contribution in [3.63, 3.8) is 0 Å². The molecule has 0 spiro atoms. The zero-order valence-electron chi connectivity index (χ0n) is 14.1. The monoisotopic (exact) mass is 350 g/mol. The first kappa shape index (κ1) is 18.1. The molecule has 2 unspecified atom stereocenters. The third-order valence-electron chi connectivity index (χ3n) is 4.70. The Labute approximate surface area is 150 Å². The summed E-state index contributed by atoms with van der Waals surface area (Å²) in [5.41, 5.74) is 2.93. The Morgan fingerprint density at radius 2 is 1.09 bits per heavy atom. The first-order valence-electron chi connectivity index (χ1n) is 7.95. The Balaban J connectivity index is 0.000000162. The smallest absolute Gasteiger partial charge is 0.326 e. The van der Waals surface area contributed by atoms with Crippen LogP contribution in [0.25, 0.3) is 11.4 Å². The first-order valence-corrected chi connectivity index (χ1v) is 7.95. The Hall–Kier alpha value is -1.21. The molecule has 2 aliphatic carbocycles. The fraction of sp³-hybridized carbons (Fsp3) is 0.400. The molecule has 124 valence electrons. The fourth-order valence-electron chi connectivity index (χ4n) is 2.99. The average Bonchev–Trinajstić information content (AvgIpc) is 3.36. The molecule has 2 fully saturated rings. The minimum absolute atomic E-state index is 0. The Kier molecular flexibility index (Phi) is 5.31. The van der Waals surface area contributed by atoms with E-state index in [2.05, 4.69) is 50.5 Å². The number of hydrogen-bond donors (Lipinski definition) is 0. The third-order valence-corrected chi connectivity index (χ3v) is 4.70. The minimum atomic E-state index is 0. The predicted molar refractivity (Wildman–Crippen MR) is 90.6 cm³/mol. The predicted octanol–water partition coefficient (Wildman–Crippen LogP) is 4.85. The van der Waals surface area contributed by atoms with Crippen LogP contribution in [0.4, 0.5) is 0 Å². The normalized spacial score (nSPS) is 25.4. The second-order valence-corrected chi connectivity index (χ2v) is 7.46. The second-order valence-electron chi connectivity index (χ2n) is 7.46. The molecule has 0 saturated heterocycles. The topological polar surface area (TPSA) is 25.8 Å². The van der Waals surface area contributed by atoms with Gasteiger partial charge in [-0.15, -0.1) is 0 Å². The van der Waals surface area contributed by atoms with Crippen LogP contribution in [-0.2, 0) is 16.5 Å². The Morgan fingerprint density at radius 1 is 0.739 bits per heavy atom. The molecule has 2 nitrogen and oxygen atoms in total. The minimum Gasteiger partial charge on any atom is -0.326 e. The fourth-order valence-corrected chi connectivity index (χ4v) is 2.99. The van der Waals surface area contributed by atoms with Crippen molar-refractivity contribution in [1.29, 1.82) is 0 Å². The van der Waals surface area contributed by atoms with Crippen LogP contribution in [0, 0.1) is 35.5 Å². The van der Waals surface area contributed by atoms with Gasteiger partial charge in [-0.05, 0) is 24.3 Å². The van der Waals surface area contributed by atoms with Gasteiger partial charge < -0.3 is 12.8 Å². The van der Waals surface area contributed by atoms with Gasteiger partial charge in [-0.2, -0.15) is 10.8 Å². The summed E-state index contributed by atoms with van der Waals surface area (Å²) in [7, 11) is 0. The molecule has 0 radical (unpaired) electrons. The van der Waals surface area contributed by atoms with Crippen molar-refractivity contribution < 1.29 is 16.5 Å². The SMILES string of the molecule is CC1(C)[CH-]C1C1[CH-]C1(C)C.[Ni+2].c1ccc(-c2ccccn2)nc1. The van der Waals surface area contributed by atoms with Gasteiger partial charge in [0.2, 0.25) is 0 Å². The molecule has 0 N–H and O–H groups in total. The summed E-state index contributed by atoms with van der Waals surface area (Å²) < 4.78 is 0. The van der Waals surface area contributed by atoms with Gasteiger partial charge in [0.15, 0.2) is 0 Å². The van der Waals surface area contributed by atoms with E-state index in [9.17, 15) is 0 Å². The van der Waals surface area contributed by atoms with Crippen LogP contribution >= 0.6 is 0 Å². The van der Waals surface area contributed by atoms with Gasteiger partial charge in [0.25, 0.3) is 0 Å². The third kappa shape index (κ3) is 4.41. The number of pyridine rings is 2. The van der Waals surface area contributed by atoms with E-state index in [4.69, 9.17) is 0 Å². The summed E-state index contributed by atoms with van der Waals surface area (Å²) in [6.45, 7) is 9.33. The van der Waals surface area contributed by atoms with Gasteiger partial charge in [-0.3, -0.25) is 9.97 Å². The largest absolute Gasteiger partial charge is 2.00 e. The summed E-state index contributed by atoms with van der Waals surface area (Å²) in [6.07, 6.45) is 8.49. The van der Waals surface area contributed by atoms with Crippen molar-refractivity contribution >= 4 is 0 Å². The number of hydrogen-bond acceptors (Lipinski definition) is 2. The van der Waals surface area contributed by atoms with Gasteiger partial charge in [0.05, 0.1) is 11.4 Å². The molecule has 2 heterocycles. The maximum absolute atomic E-state index is 4.19. The summed E-state index contributed by atoms with van der Waals surface area (Å²) in [4.78, 5) is 8.37. The molecule has 23 heavy (non-hydrogen) atoms. The van der Waals surface area contributed by atoms with E-state index in [-0.39, 0.29) is 16.5 Å². The van der Waals surface area contributed by atoms with Crippen molar-refractivity contribution in [3.05, 3.63) is 61.6 Å². The zero-order chi connectivity index (χ0) is 15.8. The number of nitrogens with zero attached hydrogens (tertiary/aromatic N) is 2. The molecule has 0 amide bonds. The molecular weight excluding hydrogens is 327 g/mol. The average molecular weight is 351 g/mol. The van der Waals surface area contributed by atoms with E-state index < -0.39 is 0 Å². The Morgan fingerprint density at radius 3 is 1.30 bits per heavy atom. The van der Waals surface area contributed by atoms with Gasteiger partial charge in [-0.25, -0.2) is 11.8 Å². The summed E-state index contributed by atoms with van der Waals surface area (Å²) in [5, 5.41) is 0. The Bertz CT molecular complexity index is 565. The van der Waals surface area contributed by atoms with Gasteiger partial charge in [-0.1, -0.05) is 39.8 Å². The summed E-state index contributed by atoms with van der Waals surface area (Å²) in [5.74, 6) is 1.78. The molecule has 2 aromatic rings. The molecule has 2 saturated carbocycles. The standard InChI is InChI=1S/C10H8N2.C10H16.Ni/c1-3-7-11-9(5-1)10-6-2-4-8-12-10;1-9(2)5-7(9)8-6-10(8,3)4;/h1-8H;5-8H,1-4H3;/q;-2;+2. The summed E-state index contributed by atoms with van der Waals surface area (Å²) in [6, 6.07) is 11.6. The van der Waals surface area contributed by atoms with Crippen LogP contribution in [0.15, 0.2) is 48.8 Å².